The van der Waals surface area contributed by atoms with Gasteiger partial charge in [0.2, 0.25) is 0 Å². The van der Waals surface area contributed by atoms with Crippen LogP contribution in [0.1, 0.15) is 33.3 Å². The van der Waals surface area contributed by atoms with Crippen molar-refractivity contribution in [3.05, 3.63) is 60.2 Å². The van der Waals surface area contributed by atoms with Crippen LogP contribution in [0.15, 0.2) is 59.5 Å². The monoisotopic (exact) mass is 432 g/mol. The molecule has 0 aromatic heterocycles. The Morgan fingerprint density at radius 3 is 1.83 bits per heavy atom. The van der Waals surface area contributed by atoms with Gasteiger partial charge >= 0.3 is 0 Å². The van der Waals surface area contributed by atoms with Gasteiger partial charge in [-0.15, -0.1) is 0 Å². The van der Waals surface area contributed by atoms with Crippen molar-refractivity contribution in [1.82, 2.24) is 4.90 Å². The van der Waals surface area contributed by atoms with E-state index in [0.717, 1.165) is 18.7 Å². The van der Waals surface area contributed by atoms with E-state index in [1.54, 1.807) is 36.4 Å². The number of nitrogens with zero attached hydrogens (tertiary/aromatic N) is 2. The highest BCUT2D eigenvalue weighted by atomic mass is 32.2. The second-order valence-electron chi connectivity index (χ2n) is 8.84. The van der Waals surface area contributed by atoms with Gasteiger partial charge in [-0.1, -0.05) is 63.6 Å². The number of aliphatic hydroxyl groups excluding tert-OH is 1. The lowest BCUT2D eigenvalue weighted by atomic mass is 10.1. The summed E-state index contributed by atoms with van der Waals surface area (Å²) in [7, 11) is -3.79. The normalized spacial score (nSPS) is 13.2. The fraction of sp³-hybridized carbons (Fsp3) is 0.500. The van der Waals surface area contributed by atoms with Crippen LogP contribution in [0.25, 0.3) is 0 Å². The summed E-state index contributed by atoms with van der Waals surface area (Å²) in [5.41, 5.74) is 1.55. The molecule has 2 aromatic carbocycles. The quantitative estimate of drug-likeness (QED) is 0.579. The first-order valence-corrected chi connectivity index (χ1v) is 12.1. The highest BCUT2D eigenvalue weighted by Crippen LogP contribution is 2.24. The highest BCUT2D eigenvalue weighted by Gasteiger charge is 2.28. The standard InChI is InChI=1S/C24H36N2O3S/c1-19(2)15-25(16-20(3)4)17-23(27)18-26(22-9-7-6-8-10-22)30(28,29)24-13-11-21(5)12-14-24/h6-14,19-20,23,27H,15-18H2,1-5H3/t23-/m0/s1. The molecule has 0 amide bonds. The summed E-state index contributed by atoms with van der Waals surface area (Å²) in [6.45, 7) is 12.7. The maximum atomic E-state index is 13.4. The minimum atomic E-state index is -3.79. The Morgan fingerprint density at radius 2 is 1.33 bits per heavy atom. The molecule has 0 saturated carbocycles. The molecule has 5 nitrogen and oxygen atoms in total. The number of sulfonamides is 1. The largest absolute Gasteiger partial charge is 0.390 e. The molecule has 166 valence electrons. The van der Waals surface area contributed by atoms with E-state index in [1.807, 2.05) is 25.1 Å². The molecule has 1 atom stereocenters. The average Bonchev–Trinajstić information content (AvgIpc) is 2.66. The zero-order valence-corrected chi connectivity index (χ0v) is 19.6. The van der Waals surface area contributed by atoms with Crippen molar-refractivity contribution in [2.45, 2.75) is 45.6 Å². The maximum absolute atomic E-state index is 13.4. The highest BCUT2D eigenvalue weighted by molar-refractivity contribution is 7.92. The number of anilines is 1. The predicted octanol–water partition coefficient (Wildman–Crippen LogP) is 4.17. The second-order valence-corrected chi connectivity index (χ2v) is 10.7. The topological polar surface area (TPSA) is 60.9 Å². The van der Waals surface area contributed by atoms with Crippen molar-refractivity contribution in [2.75, 3.05) is 30.5 Å². The number of aliphatic hydroxyl groups is 1. The summed E-state index contributed by atoms with van der Waals surface area (Å²) in [6, 6.07) is 15.8. The first kappa shape index (κ1) is 24.4. The van der Waals surface area contributed by atoms with Gasteiger partial charge in [-0.2, -0.15) is 0 Å². The van der Waals surface area contributed by atoms with Crippen molar-refractivity contribution >= 4 is 15.7 Å². The molecule has 1 N–H and O–H groups in total. The SMILES string of the molecule is Cc1ccc(S(=O)(=O)N(C[C@@H](O)CN(CC(C)C)CC(C)C)c2ccccc2)cc1. The van der Waals surface area contributed by atoms with E-state index in [9.17, 15) is 13.5 Å². The summed E-state index contributed by atoms with van der Waals surface area (Å²) in [5, 5.41) is 10.9. The zero-order chi connectivity index (χ0) is 22.3. The summed E-state index contributed by atoms with van der Waals surface area (Å²) < 4.78 is 28.2. The first-order chi connectivity index (χ1) is 14.1. The van der Waals surface area contributed by atoms with E-state index in [0.29, 0.717) is 24.1 Å². The van der Waals surface area contributed by atoms with Crippen molar-refractivity contribution in [3.63, 3.8) is 0 Å². The molecular formula is C24H36N2O3S. The van der Waals surface area contributed by atoms with Crippen LogP contribution in [-0.4, -0.2) is 50.7 Å². The Hall–Kier alpha value is -1.89. The van der Waals surface area contributed by atoms with Crippen LogP contribution in [0.5, 0.6) is 0 Å². The fourth-order valence-corrected chi connectivity index (χ4v) is 5.08. The van der Waals surface area contributed by atoms with Crippen molar-refractivity contribution in [1.29, 1.82) is 0 Å². The van der Waals surface area contributed by atoms with E-state index in [4.69, 9.17) is 0 Å². The van der Waals surface area contributed by atoms with Crippen LogP contribution >= 0.6 is 0 Å². The Kier molecular flexibility index (Phi) is 8.89. The molecule has 0 spiro atoms. The Bertz CT molecular complexity index is 855. The molecule has 30 heavy (non-hydrogen) atoms. The molecule has 0 aliphatic carbocycles. The Balaban J connectivity index is 2.28. The third-order valence-corrected chi connectivity index (χ3v) is 6.55. The van der Waals surface area contributed by atoms with Gasteiger partial charge in [0, 0.05) is 19.6 Å². The van der Waals surface area contributed by atoms with E-state index >= 15 is 0 Å². The molecule has 0 saturated heterocycles. The molecule has 2 aromatic rings. The van der Waals surface area contributed by atoms with Crippen LogP contribution in [0, 0.1) is 18.8 Å². The Labute approximate surface area is 182 Å². The van der Waals surface area contributed by atoms with E-state index in [1.165, 1.54) is 4.31 Å². The summed E-state index contributed by atoms with van der Waals surface area (Å²) in [6.07, 6.45) is -0.803. The maximum Gasteiger partial charge on any atom is 0.264 e. The van der Waals surface area contributed by atoms with Gasteiger partial charge in [0.1, 0.15) is 0 Å². The fourth-order valence-electron chi connectivity index (χ4n) is 3.58. The van der Waals surface area contributed by atoms with E-state index in [-0.39, 0.29) is 11.4 Å². The number of hydrogen-bond acceptors (Lipinski definition) is 4. The lowest BCUT2D eigenvalue weighted by Gasteiger charge is -2.31. The molecule has 6 heteroatoms. The number of aryl methyl sites for hydroxylation is 1. The Morgan fingerprint density at radius 1 is 0.800 bits per heavy atom. The van der Waals surface area contributed by atoms with Gasteiger partial charge in [0.15, 0.2) is 0 Å². The molecule has 0 unspecified atom stereocenters. The summed E-state index contributed by atoms with van der Waals surface area (Å²) in [5.74, 6) is 0.940. The third kappa shape index (κ3) is 7.11. The average molecular weight is 433 g/mol. The molecule has 0 radical (unpaired) electrons. The van der Waals surface area contributed by atoms with Gasteiger partial charge in [-0.25, -0.2) is 8.42 Å². The van der Waals surface area contributed by atoms with E-state index < -0.39 is 16.1 Å². The third-order valence-electron chi connectivity index (χ3n) is 4.75. The van der Waals surface area contributed by atoms with Crippen LogP contribution in [0.3, 0.4) is 0 Å². The molecule has 0 fully saturated rings. The molecular weight excluding hydrogens is 396 g/mol. The van der Waals surface area contributed by atoms with Crippen molar-refractivity contribution < 1.29 is 13.5 Å². The van der Waals surface area contributed by atoms with Gasteiger partial charge in [0.05, 0.1) is 23.2 Å². The summed E-state index contributed by atoms with van der Waals surface area (Å²) in [4.78, 5) is 2.45. The van der Waals surface area contributed by atoms with Gasteiger partial charge in [0.25, 0.3) is 10.0 Å². The van der Waals surface area contributed by atoms with Gasteiger partial charge < -0.3 is 10.0 Å². The van der Waals surface area contributed by atoms with Crippen LogP contribution < -0.4 is 4.31 Å². The van der Waals surface area contributed by atoms with Crippen LogP contribution in [-0.2, 0) is 10.0 Å². The lowest BCUT2D eigenvalue weighted by molar-refractivity contribution is 0.104. The number of rotatable bonds is 11. The van der Waals surface area contributed by atoms with Crippen LogP contribution in [0.2, 0.25) is 0 Å². The number of benzene rings is 2. The summed E-state index contributed by atoms with van der Waals surface area (Å²) >= 11 is 0. The first-order valence-electron chi connectivity index (χ1n) is 10.6. The lowest BCUT2D eigenvalue weighted by Crippen LogP contribution is -2.44. The molecule has 0 aliphatic rings. The van der Waals surface area contributed by atoms with E-state index in [2.05, 4.69) is 32.6 Å². The predicted molar refractivity (Wildman–Crippen MR) is 124 cm³/mol. The van der Waals surface area contributed by atoms with Gasteiger partial charge in [-0.05, 0) is 43.0 Å². The smallest absolute Gasteiger partial charge is 0.264 e. The molecule has 0 aliphatic heterocycles. The molecule has 2 rings (SSSR count). The minimum absolute atomic E-state index is 0.00686. The van der Waals surface area contributed by atoms with Crippen molar-refractivity contribution in [3.8, 4) is 0 Å². The van der Waals surface area contributed by atoms with Crippen molar-refractivity contribution in [2.24, 2.45) is 11.8 Å². The second kappa shape index (κ2) is 10.9. The number of para-hydroxylation sites is 1. The number of hydrogen-bond donors (Lipinski definition) is 1. The van der Waals surface area contributed by atoms with Crippen LogP contribution in [0.4, 0.5) is 5.69 Å². The minimum Gasteiger partial charge on any atom is -0.390 e. The molecule has 0 bridgehead atoms. The zero-order valence-electron chi connectivity index (χ0n) is 18.8. The van der Waals surface area contributed by atoms with Gasteiger partial charge in [-0.3, -0.25) is 4.31 Å². The molecule has 0 heterocycles.